The number of hydrogen-bond donors (Lipinski definition) is 1. The first-order chi connectivity index (χ1) is 22.4. The Bertz CT molecular complexity index is 2380. The fourth-order valence-electron chi connectivity index (χ4n) is 5.84. The third-order valence-electron chi connectivity index (χ3n) is 8.03. The van der Waals surface area contributed by atoms with Crippen molar-refractivity contribution in [3.8, 4) is 6.07 Å². The minimum atomic E-state index is -0.697. The average Bonchev–Trinajstić information content (AvgIpc) is 3.57. The number of nitriles is 1. The SMILES string of the molecule is CC1=C(C(=O)Nc2ccccc2)[C@@H](c2ccc(Cl)cc2)n2c(s/c(=C\c3cn(Cc4ccc(C#N)cc4)c4ccccc34)c2=O)=N1. The molecular formula is C37H26ClN5O2S. The van der Waals surface area contributed by atoms with Crippen LogP contribution in [-0.2, 0) is 11.3 Å². The number of carbonyl (C=O) groups excluding carboxylic acids is 1. The van der Waals surface area contributed by atoms with Gasteiger partial charge in [0.25, 0.3) is 11.5 Å². The van der Waals surface area contributed by atoms with E-state index < -0.39 is 6.04 Å². The Kier molecular flexibility index (Phi) is 7.71. The van der Waals surface area contributed by atoms with Crippen molar-refractivity contribution in [1.82, 2.24) is 9.13 Å². The summed E-state index contributed by atoms with van der Waals surface area (Å²) in [6.07, 6.45) is 3.95. The van der Waals surface area contributed by atoms with Crippen LogP contribution in [0.1, 0.15) is 35.2 Å². The van der Waals surface area contributed by atoms with E-state index in [1.54, 1.807) is 23.6 Å². The second-order valence-corrected chi connectivity index (χ2v) is 12.4. The first-order valence-electron chi connectivity index (χ1n) is 14.6. The van der Waals surface area contributed by atoms with Crippen LogP contribution in [-0.4, -0.2) is 15.0 Å². The minimum absolute atomic E-state index is 0.231. The predicted octanol–water partition coefficient (Wildman–Crippen LogP) is 6.40. The number of para-hydroxylation sites is 2. The van der Waals surface area contributed by atoms with Gasteiger partial charge >= 0.3 is 0 Å². The molecule has 1 aliphatic rings. The maximum absolute atomic E-state index is 14.3. The number of rotatable bonds is 6. The standard InChI is InChI=1S/C37H26ClN5O2S/c1-23-33(35(44)41-29-7-3-2-4-8-29)34(26-15-17-28(38)18-16-26)43-36(45)32(46-37(43)40-23)19-27-22-42(31-10-6-5-9-30(27)31)21-25-13-11-24(20-39)12-14-25/h2-19,22,34H,21H2,1H3,(H,41,44)/b32-19-/t34-/m1/s1. The molecule has 6 aromatic rings. The van der Waals surface area contributed by atoms with E-state index in [4.69, 9.17) is 16.6 Å². The molecule has 2 aromatic heterocycles. The van der Waals surface area contributed by atoms with Crippen molar-refractivity contribution in [3.05, 3.63) is 168 Å². The molecule has 0 aliphatic carbocycles. The maximum atomic E-state index is 14.3. The van der Waals surface area contributed by atoms with Crippen molar-refractivity contribution >= 4 is 51.5 Å². The van der Waals surface area contributed by atoms with Crippen LogP contribution in [0.5, 0.6) is 0 Å². The van der Waals surface area contributed by atoms with Gasteiger partial charge in [0, 0.05) is 39.9 Å². The summed E-state index contributed by atoms with van der Waals surface area (Å²) in [5.41, 5.74) is 5.71. The van der Waals surface area contributed by atoms with E-state index in [0.29, 0.717) is 43.4 Å². The number of hydrogen-bond acceptors (Lipinski definition) is 5. The van der Waals surface area contributed by atoms with Crippen LogP contribution in [0.2, 0.25) is 5.02 Å². The second kappa shape index (κ2) is 12.1. The minimum Gasteiger partial charge on any atom is -0.342 e. The van der Waals surface area contributed by atoms with E-state index >= 15 is 0 Å². The Hall–Kier alpha value is -5.49. The van der Waals surface area contributed by atoms with Crippen molar-refractivity contribution in [2.75, 3.05) is 5.32 Å². The van der Waals surface area contributed by atoms with Crippen LogP contribution in [0.4, 0.5) is 5.69 Å². The van der Waals surface area contributed by atoms with Crippen LogP contribution in [0.3, 0.4) is 0 Å². The molecule has 7 nitrogen and oxygen atoms in total. The summed E-state index contributed by atoms with van der Waals surface area (Å²) in [6, 6.07) is 33.5. The van der Waals surface area contributed by atoms with E-state index in [9.17, 15) is 14.9 Å². The van der Waals surface area contributed by atoms with Gasteiger partial charge in [-0.15, -0.1) is 0 Å². The molecule has 0 bridgehead atoms. The Labute approximate surface area is 273 Å². The lowest BCUT2D eigenvalue weighted by molar-refractivity contribution is -0.113. The molecule has 224 valence electrons. The van der Waals surface area contributed by atoms with Gasteiger partial charge in [-0.25, -0.2) is 4.99 Å². The Morgan fingerprint density at radius 3 is 2.46 bits per heavy atom. The smallest absolute Gasteiger partial charge is 0.271 e. The number of anilines is 1. The largest absolute Gasteiger partial charge is 0.342 e. The van der Waals surface area contributed by atoms with Gasteiger partial charge in [0.1, 0.15) is 0 Å². The predicted molar refractivity (Wildman–Crippen MR) is 182 cm³/mol. The Morgan fingerprint density at radius 1 is 1.00 bits per heavy atom. The molecule has 1 N–H and O–H groups in total. The van der Waals surface area contributed by atoms with E-state index in [0.717, 1.165) is 27.6 Å². The van der Waals surface area contributed by atoms with E-state index in [-0.39, 0.29) is 11.5 Å². The van der Waals surface area contributed by atoms with Gasteiger partial charge in [-0.3, -0.25) is 14.2 Å². The third-order valence-corrected chi connectivity index (χ3v) is 9.26. The second-order valence-electron chi connectivity index (χ2n) is 11.0. The number of benzene rings is 4. The van der Waals surface area contributed by atoms with Gasteiger partial charge in [-0.2, -0.15) is 5.26 Å². The zero-order valence-electron chi connectivity index (χ0n) is 24.6. The summed E-state index contributed by atoms with van der Waals surface area (Å²) in [4.78, 5) is 33.3. The number of nitrogens with one attached hydrogen (secondary N) is 1. The lowest BCUT2D eigenvalue weighted by Crippen LogP contribution is -2.40. The van der Waals surface area contributed by atoms with Crippen molar-refractivity contribution in [2.45, 2.75) is 19.5 Å². The highest BCUT2D eigenvalue weighted by Gasteiger charge is 2.32. The van der Waals surface area contributed by atoms with Crippen LogP contribution in [0.15, 0.2) is 130 Å². The lowest BCUT2D eigenvalue weighted by atomic mass is 9.95. The first-order valence-corrected chi connectivity index (χ1v) is 15.8. The van der Waals surface area contributed by atoms with Crippen molar-refractivity contribution in [1.29, 1.82) is 5.26 Å². The monoisotopic (exact) mass is 639 g/mol. The molecule has 0 radical (unpaired) electrons. The molecule has 0 unspecified atom stereocenters. The first kappa shape index (κ1) is 29.2. The fourth-order valence-corrected chi connectivity index (χ4v) is 7.00. The molecule has 0 fully saturated rings. The number of nitrogens with zero attached hydrogens (tertiary/aromatic N) is 4. The van der Waals surface area contributed by atoms with Gasteiger partial charge in [0.2, 0.25) is 0 Å². The molecule has 0 saturated heterocycles. The summed E-state index contributed by atoms with van der Waals surface area (Å²) in [6.45, 7) is 2.41. The number of aromatic nitrogens is 2. The van der Waals surface area contributed by atoms with Gasteiger partial charge in [-0.1, -0.05) is 83.6 Å². The van der Waals surface area contributed by atoms with E-state index in [1.165, 1.54) is 11.3 Å². The van der Waals surface area contributed by atoms with Crippen LogP contribution in [0.25, 0.3) is 17.0 Å². The normalized spacial score (nSPS) is 14.5. The molecule has 1 atom stereocenters. The number of allylic oxidation sites excluding steroid dienone is 1. The van der Waals surface area contributed by atoms with Gasteiger partial charge in [0.05, 0.1) is 33.5 Å². The lowest BCUT2D eigenvalue weighted by Gasteiger charge is -2.25. The van der Waals surface area contributed by atoms with Crippen LogP contribution in [0, 0.1) is 11.3 Å². The molecule has 0 saturated carbocycles. The molecule has 0 spiro atoms. The highest BCUT2D eigenvalue weighted by Crippen LogP contribution is 2.31. The number of thiazole rings is 1. The van der Waals surface area contributed by atoms with Gasteiger partial charge in [-0.05, 0) is 66.6 Å². The molecule has 3 heterocycles. The summed E-state index contributed by atoms with van der Waals surface area (Å²) in [5, 5.41) is 13.7. The summed E-state index contributed by atoms with van der Waals surface area (Å²) >= 11 is 7.53. The topological polar surface area (TPSA) is 92.2 Å². The van der Waals surface area contributed by atoms with Gasteiger partial charge in [0.15, 0.2) is 4.80 Å². The maximum Gasteiger partial charge on any atom is 0.271 e. The third kappa shape index (κ3) is 5.47. The van der Waals surface area contributed by atoms with Crippen LogP contribution < -0.4 is 20.2 Å². The summed E-state index contributed by atoms with van der Waals surface area (Å²) < 4.78 is 4.27. The highest BCUT2D eigenvalue weighted by molar-refractivity contribution is 7.07. The Balaban J connectivity index is 1.34. The van der Waals surface area contributed by atoms with E-state index in [2.05, 4.69) is 22.0 Å². The molecule has 7 rings (SSSR count). The highest BCUT2D eigenvalue weighted by atomic mass is 35.5. The zero-order chi connectivity index (χ0) is 31.8. The summed E-state index contributed by atoms with van der Waals surface area (Å²) in [5.74, 6) is -0.326. The molecule has 1 amide bonds. The van der Waals surface area contributed by atoms with Crippen molar-refractivity contribution in [2.24, 2.45) is 4.99 Å². The average molecular weight is 640 g/mol. The molecule has 1 aliphatic heterocycles. The number of fused-ring (bicyclic) bond motifs is 2. The quantitative estimate of drug-likeness (QED) is 0.229. The Morgan fingerprint density at radius 2 is 1.72 bits per heavy atom. The molecule has 9 heteroatoms. The number of halogens is 1. The molecule has 4 aromatic carbocycles. The van der Waals surface area contributed by atoms with Crippen LogP contribution >= 0.6 is 22.9 Å². The van der Waals surface area contributed by atoms with Crippen molar-refractivity contribution in [3.63, 3.8) is 0 Å². The zero-order valence-corrected chi connectivity index (χ0v) is 26.2. The number of carbonyl (C=O) groups is 1. The molecule has 46 heavy (non-hydrogen) atoms. The summed E-state index contributed by atoms with van der Waals surface area (Å²) in [7, 11) is 0. The number of amides is 1. The van der Waals surface area contributed by atoms with Gasteiger partial charge < -0.3 is 9.88 Å². The van der Waals surface area contributed by atoms with Crippen molar-refractivity contribution < 1.29 is 4.79 Å². The fraction of sp³-hybridized carbons (Fsp3) is 0.0811. The molecular weight excluding hydrogens is 614 g/mol. The van der Waals surface area contributed by atoms with E-state index in [1.807, 2.05) is 97.2 Å².